The fourth-order valence-electron chi connectivity index (χ4n) is 4.09. The lowest BCUT2D eigenvalue weighted by Crippen LogP contribution is -2.40. The van der Waals surface area contributed by atoms with Gasteiger partial charge in [-0.1, -0.05) is 35.6 Å². The molecular weight excluding hydrogens is 480 g/mol. The molecule has 0 spiro atoms. The summed E-state index contributed by atoms with van der Waals surface area (Å²) in [5, 5.41) is 9.91. The second kappa shape index (κ2) is 10.4. The van der Waals surface area contributed by atoms with Crippen molar-refractivity contribution in [2.75, 3.05) is 13.7 Å². The van der Waals surface area contributed by atoms with Gasteiger partial charge in [0, 0.05) is 5.56 Å². The highest BCUT2D eigenvalue weighted by Gasteiger charge is 2.35. The molecule has 3 aromatic rings. The summed E-state index contributed by atoms with van der Waals surface area (Å²) >= 11 is 1.22. The average Bonchev–Trinajstić information content (AvgIpc) is 3.14. The molecule has 4 rings (SSSR count). The third-order valence-corrected chi connectivity index (χ3v) is 6.58. The first-order valence-corrected chi connectivity index (χ1v) is 12.4. The van der Waals surface area contributed by atoms with E-state index >= 15 is 0 Å². The minimum atomic E-state index is -0.772. The van der Waals surface area contributed by atoms with Crippen LogP contribution in [0.3, 0.4) is 0 Å². The Bertz CT molecular complexity index is 1520. The summed E-state index contributed by atoms with van der Waals surface area (Å²) < 4.78 is 18.6. The van der Waals surface area contributed by atoms with E-state index in [2.05, 4.69) is 4.99 Å². The summed E-state index contributed by atoms with van der Waals surface area (Å²) in [5.41, 5.74) is 1.82. The highest BCUT2D eigenvalue weighted by molar-refractivity contribution is 7.07. The number of aromatic hydroxyl groups is 1. The lowest BCUT2D eigenvalue weighted by molar-refractivity contribution is -0.139. The number of allylic oxidation sites excluding steroid dienone is 1. The standard InChI is InChI=1S/C27H28N2O6S/c1-6-34-26(32)23-16(4)28-27-29(24(23)18-9-7-8-10-20(18)35-15(2)3)25(31)22(36-27)14-17-11-12-19(30)21(13-17)33-5/h7-15,24,30H,6H2,1-5H3/b22-14+/t24-/m1/s1. The predicted molar refractivity (Wildman–Crippen MR) is 137 cm³/mol. The molecular formula is C27H28N2O6S. The Kier molecular flexibility index (Phi) is 7.30. The molecule has 0 fully saturated rings. The smallest absolute Gasteiger partial charge is 0.338 e. The minimum absolute atomic E-state index is 0.00701. The van der Waals surface area contributed by atoms with Crippen LogP contribution in [0.4, 0.5) is 0 Å². The van der Waals surface area contributed by atoms with E-state index in [0.717, 1.165) is 0 Å². The number of ether oxygens (including phenoxy) is 3. The summed E-state index contributed by atoms with van der Waals surface area (Å²) in [6.07, 6.45) is 1.60. The summed E-state index contributed by atoms with van der Waals surface area (Å²) in [7, 11) is 1.46. The molecule has 1 aliphatic rings. The second-order valence-corrected chi connectivity index (χ2v) is 9.45. The number of esters is 1. The van der Waals surface area contributed by atoms with Gasteiger partial charge in [-0.3, -0.25) is 9.36 Å². The van der Waals surface area contributed by atoms with Crippen molar-refractivity contribution >= 4 is 23.4 Å². The number of carbonyl (C=O) groups excluding carboxylic acids is 1. The zero-order valence-corrected chi connectivity index (χ0v) is 21.6. The molecule has 1 atom stereocenters. The SMILES string of the molecule is CCOC(=O)C1=C(C)N=c2s/c(=C/c3ccc(O)c(OC)c3)c(=O)n2[C@@H]1c1ccccc1OC(C)C. The third-order valence-electron chi connectivity index (χ3n) is 5.59. The average molecular weight is 509 g/mol. The van der Waals surface area contributed by atoms with E-state index in [9.17, 15) is 14.7 Å². The highest BCUT2D eigenvalue weighted by atomic mass is 32.1. The van der Waals surface area contributed by atoms with Crippen LogP contribution in [0.5, 0.6) is 17.2 Å². The maximum absolute atomic E-state index is 13.8. The Morgan fingerprint density at radius 1 is 1.22 bits per heavy atom. The van der Waals surface area contributed by atoms with E-state index in [4.69, 9.17) is 14.2 Å². The van der Waals surface area contributed by atoms with Crippen molar-refractivity contribution in [1.82, 2.24) is 4.57 Å². The normalized spacial score (nSPS) is 15.5. The Labute approximate surface area is 212 Å². The van der Waals surface area contributed by atoms with Gasteiger partial charge in [-0.15, -0.1) is 0 Å². The molecule has 188 valence electrons. The van der Waals surface area contributed by atoms with Crippen molar-refractivity contribution in [2.45, 2.75) is 39.8 Å². The van der Waals surface area contributed by atoms with Gasteiger partial charge in [0.15, 0.2) is 16.3 Å². The first-order valence-electron chi connectivity index (χ1n) is 11.6. The van der Waals surface area contributed by atoms with Crippen LogP contribution in [0.1, 0.15) is 44.9 Å². The van der Waals surface area contributed by atoms with Crippen molar-refractivity contribution in [3.8, 4) is 17.2 Å². The van der Waals surface area contributed by atoms with Gasteiger partial charge in [-0.05, 0) is 57.5 Å². The quantitative estimate of drug-likeness (QED) is 0.492. The third kappa shape index (κ3) is 4.79. The van der Waals surface area contributed by atoms with E-state index in [1.807, 2.05) is 38.1 Å². The molecule has 8 nitrogen and oxygen atoms in total. The number of rotatable bonds is 7. The van der Waals surface area contributed by atoms with Gasteiger partial charge in [-0.25, -0.2) is 9.79 Å². The highest BCUT2D eigenvalue weighted by Crippen LogP contribution is 2.36. The van der Waals surface area contributed by atoms with Crippen molar-refractivity contribution in [3.63, 3.8) is 0 Å². The molecule has 0 unspecified atom stereocenters. The molecule has 1 aliphatic heterocycles. The predicted octanol–water partition coefficient (Wildman–Crippen LogP) is 3.30. The number of phenols is 1. The number of benzene rings is 2. The van der Waals surface area contributed by atoms with E-state index in [1.165, 1.54) is 29.1 Å². The molecule has 1 aromatic heterocycles. The van der Waals surface area contributed by atoms with Crippen LogP contribution in [0, 0.1) is 0 Å². The Morgan fingerprint density at radius 2 is 1.97 bits per heavy atom. The van der Waals surface area contributed by atoms with Crippen LogP contribution in [0.2, 0.25) is 0 Å². The monoisotopic (exact) mass is 508 g/mol. The van der Waals surface area contributed by atoms with Crippen LogP contribution in [-0.4, -0.2) is 35.5 Å². The fraction of sp³-hybridized carbons (Fsp3) is 0.296. The van der Waals surface area contributed by atoms with Gasteiger partial charge in [0.1, 0.15) is 11.8 Å². The first-order chi connectivity index (χ1) is 17.2. The molecule has 0 amide bonds. The summed E-state index contributed by atoms with van der Waals surface area (Å²) in [6.45, 7) is 7.51. The van der Waals surface area contributed by atoms with Crippen LogP contribution in [0.25, 0.3) is 6.08 Å². The number of hydrogen-bond acceptors (Lipinski definition) is 8. The molecule has 0 radical (unpaired) electrons. The van der Waals surface area contributed by atoms with Crippen molar-refractivity contribution in [3.05, 3.63) is 84.5 Å². The second-order valence-electron chi connectivity index (χ2n) is 8.44. The number of fused-ring (bicyclic) bond motifs is 1. The number of nitrogens with zero attached hydrogens (tertiary/aromatic N) is 2. The summed E-state index contributed by atoms with van der Waals surface area (Å²) in [4.78, 5) is 32.0. The van der Waals surface area contributed by atoms with Crippen molar-refractivity contribution < 1.29 is 24.1 Å². The first kappa shape index (κ1) is 25.2. The molecule has 1 N–H and O–H groups in total. The molecule has 0 aliphatic carbocycles. The number of carbonyl (C=O) groups is 1. The molecule has 2 heterocycles. The molecule has 0 saturated heterocycles. The van der Waals surface area contributed by atoms with E-state index in [-0.39, 0.29) is 24.0 Å². The summed E-state index contributed by atoms with van der Waals surface area (Å²) in [5.74, 6) is 0.356. The Balaban J connectivity index is 1.97. The zero-order chi connectivity index (χ0) is 26.0. The van der Waals surface area contributed by atoms with E-state index in [1.54, 1.807) is 32.1 Å². The minimum Gasteiger partial charge on any atom is -0.504 e. The van der Waals surface area contributed by atoms with Gasteiger partial charge < -0.3 is 19.3 Å². The fourth-order valence-corrected chi connectivity index (χ4v) is 5.14. The van der Waals surface area contributed by atoms with Gasteiger partial charge in [0.25, 0.3) is 5.56 Å². The summed E-state index contributed by atoms with van der Waals surface area (Å²) in [6, 6.07) is 11.4. The maximum Gasteiger partial charge on any atom is 0.338 e. The van der Waals surface area contributed by atoms with Gasteiger partial charge in [-0.2, -0.15) is 0 Å². The molecule has 0 saturated carbocycles. The van der Waals surface area contributed by atoms with Crippen LogP contribution >= 0.6 is 11.3 Å². The van der Waals surface area contributed by atoms with Crippen molar-refractivity contribution in [2.24, 2.45) is 4.99 Å². The Hall–Kier alpha value is -3.85. The van der Waals surface area contributed by atoms with Gasteiger partial charge >= 0.3 is 5.97 Å². The number of methoxy groups -OCH3 is 1. The number of phenolic OH excluding ortho intramolecular Hbond substituents is 1. The lowest BCUT2D eigenvalue weighted by Gasteiger charge is -2.26. The van der Waals surface area contributed by atoms with Gasteiger partial charge in [0.05, 0.1) is 35.6 Å². The van der Waals surface area contributed by atoms with E-state index in [0.29, 0.717) is 43.2 Å². The Morgan fingerprint density at radius 3 is 2.67 bits per heavy atom. The van der Waals surface area contributed by atoms with E-state index < -0.39 is 12.0 Å². The molecule has 36 heavy (non-hydrogen) atoms. The van der Waals surface area contributed by atoms with Crippen LogP contribution in [-0.2, 0) is 9.53 Å². The number of thiazole rings is 1. The zero-order valence-electron chi connectivity index (χ0n) is 20.8. The van der Waals surface area contributed by atoms with Crippen LogP contribution in [0.15, 0.2) is 63.5 Å². The largest absolute Gasteiger partial charge is 0.504 e. The van der Waals surface area contributed by atoms with Crippen molar-refractivity contribution in [1.29, 1.82) is 0 Å². The van der Waals surface area contributed by atoms with Crippen LogP contribution < -0.4 is 24.4 Å². The number of para-hydroxylation sites is 1. The molecule has 0 bridgehead atoms. The maximum atomic E-state index is 13.8. The molecule has 2 aromatic carbocycles. The number of hydrogen-bond donors (Lipinski definition) is 1. The topological polar surface area (TPSA) is 99.4 Å². The number of aromatic nitrogens is 1. The lowest BCUT2D eigenvalue weighted by atomic mass is 9.95. The van der Waals surface area contributed by atoms with Gasteiger partial charge in [0.2, 0.25) is 0 Å². The molecule has 9 heteroatoms.